The number of anilines is 1. The highest BCUT2D eigenvalue weighted by Crippen LogP contribution is 2.30. The number of nitrogens with one attached hydrogen (secondary N) is 1. The van der Waals surface area contributed by atoms with Crippen LogP contribution in [-0.2, 0) is 4.79 Å². The molecule has 0 aliphatic heterocycles. The van der Waals surface area contributed by atoms with Gasteiger partial charge in [-0.15, -0.1) is 0 Å². The van der Waals surface area contributed by atoms with Crippen LogP contribution in [0.15, 0.2) is 6.07 Å². The van der Waals surface area contributed by atoms with Gasteiger partial charge >= 0.3 is 0 Å². The second-order valence-corrected chi connectivity index (χ2v) is 5.12. The van der Waals surface area contributed by atoms with Gasteiger partial charge in [0.15, 0.2) is 0 Å². The Balaban J connectivity index is 2.99. The van der Waals surface area contributed by atoms with Crippen molar-refractivity contribution in [3.63, 3.8) is 0 Å². The number of aryl methyl sites for hydroxylation is 2. The van der Waals surface area contributed by atoms with Gasteiger partial charge in [0.1, 0.15) is 5.41 Å². The van der Waals surface area contributed by atoms with E-state index >= 15 is 0 Å². The third-order valence-electron chi connectivity index (χ3n) is 3.21. The van der Waals surface area contributed by atoms with E-state index in [0.29, 0.717) is 12.8 Å². The minimum absolute atomic E-state index is 0.277. The number of nitriles is 1. The molecule has 5 heteroatoms. The Bertz CT molecular complexity index is 493. The maximum Gasteiger partial charge on any atom is 0.247 e. The van der Waals surface area contributed by atoms with E-state index in [9.17, 15) is 10.1 Å². The Morgan fingerprint density at radius 3 is 2.15 bits per heavy atom. The molecule has 108 valence electrons. The van der Waals surface area contributed by atoms with Crippen LogP contribution in [0.4, 0.5) is 5.95 Å². The number of carbonyl (C=O) groups excluding carboxylic acids is 1. The summed E-state index contributed by atoms with van der Waals surface area (Å²) in [5.74, 6) is -0.0203. The molecular weight excluding hydrogens is 252 g/mol. The molecule has 0 spiro atoms. The molecule has 1 aromatic rings. The number of nitrogens with zero attached hydrogens (tertiary/aromatic N) is 3. The van der Waals surface area contributed by atoms with Crippen LogP contribution >= 0.6 is 0 Å². The fourth-order valence-corrected chi connectivity index (χ4v) is 2.37. The van der Waals surface area contributed by atoms with Crippen molar-refractivity contribution in [2.45, 2.75) is 53.4 Å². The van der Waals surface area contributed by atoms with Gasteiger partial charge in [0.2, 0.25) is 11.9 Å². The minimum atomic E-state index is -0.982. The molecule has 1 aromatic heterocycles. The molecule has 1 amide bonds. The van der Waals surface area contributed by atoms with Gasteiger partial charge in [-0.2, -0.15) is 5.26 Å². The van der Waals surface area contributed by atoms with Crippen molar-refractivity contribution in [1.29, 1.82) is 5.26 Å². The Kier molecular flexibility index (Phi) is 5.63. The van der Waals surface area contributed by atoms with Crippen molar-refractivity contribution in [2.24, 2.45) is 5.41 Å². The van der Waals surface area contributed by atoms with E-state index in [-0.39, 0.29) is 11.9 Å². The molecule has 0 aliphatic carbocycles. The second-order valence-electron chi connectivity index (χ2n) is 5.12. The fourth-order valence-electron chi connectivity index (χ4n) is 2.37. The smallest absolute Gasteiger partial charge is 0.247 e. The van der Waals surface area contributed by atoms with Gasteiger partial charge in [-0.3, -0.25) is 10.1 Å². The van der Waals surface area contributed by atoms with Crippen molar-refractivity contribution < 1.29 is 4.79 Å². The highest BCUT2D eigenvalue weighted by Gasteiger charge is 2.37. The SMILES string of the molecule is CCCC(C#N)(CCC)C(=O)Nc1nc(C)cc(C)n1. The van der Waals surface area contributed by atoms with Crippen molar-refractivity contribution in [2.75, 3.05) is 5.32 Å². The molecule has 0 saturated heterocycles. The van der Waals surface area contributed by atoms with Gasteiger partial charge in [0, 0.05) is 11.4 Å². The zero-order chi connectivity index (χ0) is 15.2. The summed E-state index contributed by atoms with van der Waals surface area (Å²) < 4.78 is 0. The van der Waals surface area contributed by atoms with E-state index in [1.807, 2.05) is 33.8 Å². The summed E-state index contributed by atoms with van der Waals surface area (Å²) in [7, 11) is 0. The van der Waals surface area contributed by atoms with Gasteiger partial charge in [-0.05, 0) is 32.8 Å². The van der Waals surface area contributed by atoms with Crippen LogP contribution in [0, 0.1) is 30.6 Å². The first-order valence-corrected chi connectivity index (χ1v) is 7.02. The number of amides is 1. The van der Waals surface area contributed by atoms with Crippen molar-refractivity contribution >= 4 is 11.9 Å². The zero-order valence-electron chi connectivity index (χ0n) is 12.7. The number of aromatic nitrogens is 2. The third-order valence-corrected chi connectivity index (χ3v) is 3.21. The number of carbonyl (C=O) groups is 1. The first-order valence-electron chi connectivity index (χ1n) is 7.02. The summed E-state index contributed by atoms with van der Waals surface area (Å²) in [6.07, 6.45) is 2.67. The van der Waals surface area contributed by atoms with Crippen LogP contribution in [0.5, 0.6) is 0 Å². The van der Waals surface area contributed by atoms with Crippen molar-refractivity contribution in [1.82, 2.24) is 9.97 Å². The molecule has 0 saturated carbocycles. The predicted octanol–water partition coefficient (Wildman–Crippen LogP) is 3.14. The van der Waals surface area contributed by atoms with Gasteiger partial charge in [-0.25, -0.2) is 9.97 Å². The van der Waals surface area contributed by atoms with E-state index in [1.54, 1.807) is 0 Å². The normalized spacial score (nSPS) is 10.9. The third kappa shape index (κ3) is 3.77. The monoisotopic (exact) mass is 274 g/mol. The van der Waals surface area contributed by atoms with Crippen LogP contribution in [0.3, 0.4) is 0 Å². The van der Waals surface area contributed by atoms with E-state index in [4.69, 9.17) is 0 Å². The fraction of sp³-hybridized carbons (Fsp3) is 0.600. The molecule has 0 unspecified atom stereocenters. The van der Waals surface area contributed by atoms with Gasteiger partial charge in [0.05, 0.1) is 6.07 Å². The summed E-state index contributed by atoms with van der Waals surface area (Å²) in [6, 6.07) is 4.04. The molecule has 0 aliphatic rings. The molecule has 1 N–H and O–H groups in total. The quantitative estimate of drug-likeness (QED) is 0.864. The van der Waals surface area contributed by atoms with E-state index in [2.05, 4.69) is 21.4 Å². The van der Waals surface area contributed by atoms with Gasteiger partial charge in [0.25, 0.3) is 0 Å². The Hall–Kier alpha value is -1.96. The highest BCUT2D eigenvalue weighted by molar-refractivity contribution is 5.95. The summed E-state index contributed by atoms with van der Waals surface area (Å²) in [6.45, 7) is 7.64. The standard InChI is InChI=1S/C15H22N4O/c1-5-7-15(10-16,8-6-2)13(20)19-14-17-11(3)9-12(4)18-14/h9H,5-8H2,1-4H3,(H,17,18,19,20). The maximum atomic E-state index is 12.5. The molecule has 0 radical (unpaired) electrons. The van der Waals surface area contributed by atoms with Crippen LogP contribution in [0.1, 0.15) is 50.9 Å². The average Bonchev–Trinajstić information content (AvgIpc) is 2.36. The summed E-state index contributed by atoms with van der Waals surface area (Å²) in [5.41, 5.74) is 0.604. The van der Waals surface area contributed by atoms with Crippen molar-refractivity contribution in [3.8, 4) is 6.07 Å². The van der Waals surface area contributed by atoms with Crippen LogP contribution < -0.4 is 5.32 Å². The van der Waals surface area contributed by atoms with Crippen LogP contribution in [0.2, 0.25) is 0 Å². The zero-order valence-corrected chi connectivity index (χ0v) is 12.7. The van der Waals surface area contributed by atoms with Crippen LogP contribution in [0.25, 0.3) is 0 Å². The molecule has 1 heterocycles. The first kappa shape index (κ1) is 16.1. The Labute approximate surface area is 120 Å². The molecule has 0 atom stereocenters. The van der Waals surface area contributed by atoms with Gasteiger partial charge < -0.3 is 0 Å². The minimum Gasteiger partial charge on any atom is -0.293 e. The topological polar surface area (TPSA) is 78.7 Å². The average molecular weight is 274 g/mol. The number of hydrogen-bond donors (Lipinski definition) is 1. The first-order chi connectivity index (χ1) is 9.47. The van der Waals surface area contributed by atoms with E-state index in [0.717, 1.165) is 24.2 Å². The summed E-state index contributed by atoms with van der Waals surface area (Å²) >= 11 is 0. The highest BCUT2D eigenvalue weighted by atomic mass is 16.2. The van der Waals surface area contributed by atoms with Crippen LogP contribution in [-0.4, -0.2) is 15.9 Å². The lowest BCUT2D eigenvalue weighted by Gasteiger charge is -2.24. The van der Waals surface area contributed by atoms with Crippen molar-refractivity contribution in [3.05, 3.63) is 17.5 Å². The summed E-state index contributed by atoms with van der Waals surface area (Å²) in [5, 5.41) is 12.1. The molecule has 0 fully saturated rings. The second kappa shape index (κ2) is 6.99. The Morgan fingerprint density at radius 2 is 1.75 bits per heavy atom. The molecule has 0 bridgehead atoms. The molecular formula is C15H22N4O. The number of rotatable bonds is 6. The molecule has 20 heavy (non-hydrogen) atoms. The van der Waals surface area contributed by atoms with E-state index in [1.165, 1.54) is 0 Å². The predicted molar refractivity (Wildman–Crippen MR) is 78.0 cm³/mol. The molecule has 5 nitrogen and oxygen atoms in total. The lowest BCUT2D eigenvalue weighted by atomic mass is 9.80. The molecule has 1 rings (SSSR count). The largest absolute Gasteiger partial charge is 0.293 e. The number of hydrogen-bond acceptors (Lipinski definition) is 4. The Morgan fingerprint density at radius 1 is 1.25 bits per heavy atom. The molecule has 0 aromatic carbocycles. The van der Waals surface area contributed by atoms with Gasteiger partial charge in [-0.1, -0.05) is 26.7 Å². The summed E-state index contributed by atoms with van der Waals surface area (Å²) in [4.78, 5) is 20.8. The van der Waals surface area contributed by atoms with E-state index < -0.39 is 5.41 Å². The maximum absolute atomic E-state index is 12.5. The lowest BCUT2D eigenvalue weighted by molar-refractivity contribution is -0.123. The lowest BCUT2D eigenvalue weighted by Crippen LogP contribution is -2.35.